The van der Waals surface area contributed by atoms with Crippen LogP contribution >= 0.6 is 0 Å². The molecule has 1 aromatic heterocycles. The number of aliphatic hydroxyl groups is 1. The minimum absolute atomic E-state index is 0.149. The smallest absolute Gasteiger partial charge is 0.178 e. The summed E-state index contributed by atoms with van der Waals surface area (Å²) in [7, 11) is 0. The third-order valence-electron chi connectivity index (χ3n) is 6.17. The summed E-state index contributed by atoms with van der Waals surface area (Å²) >= 11 is 0. The highest BCUT2D eigenvalue weighted by molar-refractivity contribution is 5.99. The molecule has 3 atom stereocenters. The van der Waals surface area contributed by atoms with Crippen LogP contribution in [-0.2, 0) is 0 Å². The summed E-state index contributed by atoms with van der Waals surface area (Å²) in [5, 5.41) is 19.0. The van der Waals surface area contributed by atoms with Crippen LogP contribution in [0.2, 0.25) is 0 Å². The molecule has 4 rings (SSSR count). The van der Waals surface area contributed by atoms with Gasteiger partial charge in [0.1, 0.15) is 0 Å². The van der Waals surface area contributed by atoms with Gasteiger partial charge in [0, 0.05) is 34.7 Å². The van der Waals surface area contributed by atoms with Gasteiger partial charge in [0.25, 0.3) is 0 Å². The fourth-order valence-electron chi connectivity index (χ4n) is 4.88. The predicted molar refractivity (Wildman–Crippen MR) is 103 cm³/mol. The highest BCUT2D eigenvalue weighted by Gasteiger charge is 2.41. The molecule has 1 N–H and O–H groups in total. The molecule has 2 aliphatic heterocycles. The van der Waals surface area contributed by atoms with E-state index in [1.165, 1.54) is 0 Å². The Morgan fingerprint density at radius 1 is 1.19 bits per heavy atom. The Morgan fingerprint density at radius 2 is 1.81 bits per heavy atom. The number of aliphatic hydroxyl groups excluding tert-OH is 1. The van der Waals surface area contributed by atoms with E-state index < -0.39 is 0 Å². The van der Waals surface area contributed by atoms with Crippen LogP contribution in [-0.4, -0.2) is 45.1 Å². The second-order valence-corrected chi connectivity index (χ2v) is 7.88. The van der Waals surface area contributed by atoms with Crippen LogP contribution in [0.5, 0.6) is 0 Å². The minimum Gasteiger partial charge on any atom is -0.393 e. The first-order valence-corrected chi connectivity index (χ1v) is 9.64. The summed E-state index contributed by atoms with van der Waals surface area (Å²) in [6.07, 6.45) is 3.52. The predicted octanol–water partition coefficient (Wildman–Crippen LogP) is 3.14. The van der Waals surface area contributed by atoms with Crippen LogP contribution < -0.4 is 0 Å². The van der Waals surface area contributed by atoms with E-state index in [2.05, 4.69) is 15.5 Å². The summed E-state index contributed by atoms with van der Waals surface area (Å²) in [6, 6.07) is 12.2. The summed E-state index contributed by atoms with van der Waals surface area (Å²) in [5.74, 6) is 0.149. The van der Waals surface area contributed by atoms with Crippen molar-refractivity contribution in [3.05, 3.63) is 52.8 Å². The molecule has 0 unspecified atom stereocenters. The van der Waals surface area contributed by atoms with Gasteiger partial charge in [-0.25, -0.2) is 0 Å². The first-order chi connectivity index (χ1) is 13.0. The fourth-order valence-corrected chi connectivity index (χ4v) is 4.88. The molecule has 140 valence electrons. The van der Waals surface area contributed by atoms with Crippen molar-refractivity contribution >= 4 is 5.78 Å². The van der Waals surface area contributed by atoms with Crippen molar-refractivity contribution in [1.29, 1.82) is 5.26 Å². The normalized spacial score (nSPS) is 24.7. The molecule has 3 heterocycles. The number of Topliss-reactive ketones (excluding diaryl/α,β-unsaturated/α-hetero) is 1. The number of hydrogen-bond acceptors (Lipinski definition) is 4. The number of fused-ring (bicyclic) bond motifs is 2. The Kier molecular flexibility index (Phi) is 4.63. The standard InChI is InChI=1S/C22H25N3O2/c1-14-9-21(15(2)25(14)17-5-3-16(12-23)4-6-17)22(27)13-24-18-7-8-19(24)11-20(26)10-18/h3-6,9,18-20,26H,7-8,10-11,13H2,1-2H3/t18-,19+,20+. The molecule has 2 saturated heterocycles. The zero-order valence-corrected chi connectivity index (χ0v) is 15.9. The van der Waals surface area contributed by atoms with E-state index in [0.717, 1.165) is 48.3 Å². The lowest BCUT2D eigenvalue weighted by molar-refractivity contribution is 0.0344. The van der Waals surface area contributed by atoms with Crippen molar-refractivity contribution < 1.29 is 9.90 Å². The number of aryl methyl sites for hydroxylation is 1. The number of aromatic nitrogens is 1. The molecule has 0 radical (unpaired) electrons. The summed E-state index contributed by atoms with van der Waals surface area (Å²) in [5.41, 5.74) is 4.30. The van der Waals surface area contributed by atoms with Gasteiger partial charge in [-0.1, -0.05) is 0 Å². The lowest BCUT2D eigenvalue weighted by Gasteiger charge is -2.36. The van der Waals surface area contributed by atoms with Crippen molar-refractivity contribution in [2.75, 3.05) is 6.54 Å². The van der Waals surface area contributed by atoms with Crippen LogP contribution in [0.3, 0.4) is 0 Å². The summed E-state index contributed by atoms with van der Waals surface area (Å²) in [6.45, 7) is 4.41. The molecule has 0 amide bonds. The minimum atomic E-state index is -0.213. The first-order valence-electron chi connectivity index (χ1n) is 9.64. The lowest BCUT2D eigenvalue weighted by atomic mass is 9.99. The maximum absolute atomic E-state index is 13.1. The van der Waals surface area contributed by atoms with E-state index in [0.29, 0.717) is 24.2 Å². The zero-order valence-electron chi connectivity index (χ0n) is 15.9. The van der Waals surface area contributed by atoms with Crippen molar-refractivity contribution in [1.82, 2.24) is 9.47 Å². The van der Waals surface area contributed by atoms with Crippen LogP contribution in [0.25, 0.3) is 5.69 Å². The monoisotopic (exact) mass is 363 g/mol. The summed E-state index contributed by atoms with van der Waals surface area (Å²) in [4.78, 5) is 15.4. The van der Waals surface area contributed by atoms with Gasteiger partial charge in [0.15, 0.2) is 5.78 Å². The molecule has 0 spiro atoms. The number of carbonyl (C=O) groups excluding carboxylic acids is 1. The number of nitrogens with zero attached hydrogens (tertiary/aromatic N) is 3. The van der Waals surface area contributed by atoms with Gasteiger partial charge in [-0.05, 0) is 69.9 Å². The third-order valence-corrected chi connectivity index (χ3v) is 6.17. The van der Waals surface area contributed by atoms with Crippen molar-refractivity contribution in [2.45, 2.75) is 57.7 Å². The molecule has 27 heavy (non-hydrogen) atoms. The zero-order chi connectivity index (χ0) is 19.1. The molecule has 0 saturated carbocycles. The highest BCUT2D eigenvalue weighted by Crippen LogP contribution is 2.36. The number of carbonyl (C=O) groups is 1. The number of hydrogen-bond donors (Lipinski definition) is 1. The van der Waals surface area contributed by atoms with E-state index in [1.807, 2.05) is 32.0 Å². The van der Waals surface area contributed by atoms with Gasteiger partial charge in [-0.15, -0.1) is 0 Å². The van der Waals surface area contributed by atoms with Gasteiger partial charge >= 0.3 is 0 Å². The largest absolute Gasteiger partial charge is 0.393 e. The van der Waals surface area contributed by atoms with Crippen molar-refractivity contribution in [2.24, 2.45) is 0 Å². The topological polar surface area (TPSA) is 69.3 Å². The Balaban J connectivity index is 1.58. The molecule has 5 heteroatoms. The van der Waals surface area contributed by atoms with Gasteiger partial charge in [-0.3, -0.25) is 9.69 Å². The molecule has 2 bridgehead atoms. The molecule has 1 aromatic carbocycles. The lowest BCUT2D eigenvalue weighted by Crippen LogP contribution is -2.46. The number of benzene rings is 1. The Labute approximate surface area is 159 Å². The maximum atomic E-state index is 13.1. The molecular weight excluding hydrogens is 338 g/mol. The van der Waals surface area contributed by atoms with Gasteiger partial charge in [0.05, 0.1) is 24.3 Å². The van der Waals surface area contributed by atoms with Gasteiger partial charge in [0.2, 0.25) is 0 Å². The average Bonchev–Trinajstić information content (AvgIpc) is 3.07. The summed E-state index contributed by atoms with van der Waals surface area (Å²) < 4.78 is 2.07. The molecule has 5 nitrogen and oxygen atoms in total. The molecule has 0 aliphatic carbocycles. The Morgan fingerprint density at radius 3 is 2.41 bits per heavy atom. The van der Waals surface area contributed by atoms with Gasteiger partial charge in [-0.2, -0.15) is 5.26 Å². The second kappa shape index (κ2) is 6.95. The molecular formula is C22H25N3O2. The van der Waals surface area contributed by atoms with Crippen LogP contribution in [0, 0.1) is 25.2 Å². The van der Waals surface area contributed by atoms with Crippen LogP contribution in [0.4, 0.5) is 0 Å². The van der Waals surface area contributed by atoms with E-state index in [4.69, 9.17) is 5.26 Å². The SMILES string of the molecule is Cc1cc(C(=O)CN2[C@@H]3CC[C@H]2C[C@@H](O)C3)c(C)n1-c1ccc(C#N)cc1. The van der Waals surface area contributed by atoms with Crippen LogP contribution in [0.15, 0.2) is 30.3 Å². The number of rotatable bonds is 4. The third kappa shape index (κ3) is 3.20. The first kappa shape index (κ1) is 18.0. The molecule has 2 aromatic rings. The number of nitriles is 1. The fraction of sp³-hybridized carbons (Fsp3) is 0.455. The Bertz CT molecular complexity index is 893. The van der Waals surface area contributed by atoms with Crippen molar-refractivity contribution in [3.63, 3.8) is 0 Å². The highest BCUT2D eigenvalue weighted by atomic mass is 16.3. The number of piperidine rings is 1. The molecule has 2 fully saturated rings. The van der Waals surface area contributed by atoms with E-state index in [-0.39, 0.29) is 11.9 Å². The van der Waals surface area contributed by atoms with E-state index >= 15 is 0 Å². The maximum Gasteiger partial charge on any atom is 0.178 e. The quantitative estimate of drug-likeness (QED) is 0.848. The van der Waals surface area contributed by atoms with Crippen LogP contribution in [0.1, 0.15) is 53.0 Å². The number of ketones is 1. The Hall–Kier alpha value is -2.42. The molecule has 2 aliphatic rings. The van der Waals surface area contributed by atoms with E-state index in [9.17, 15) is 9.90 Å². The second-order valence-electron chi connectivity index (χ2n) is 7.88. The van der Waals surface area contributed by atoms with Gasteiger partial charge < -0.3 is 9.67 Å². The van der Waals surface area contributed by atoms with E-state index in [1.54, 1.807) is 12.1 Å². The van der Waals surface area contributed by atoms with Crippen molar-refractivity contribution in [3.8, 4) is 11.8 Å². The average molecular weight is 363 g/mol.